The third-order valence-electron chi connectivity index (χ3n) is 1.96. The molecule has 1 aromatic rings. The van der Waals surface area contributed by atoms with Gasteiger partial charge >= 0.3 is 0 Å². The van der Waals surface area contributed by atoms with Crippen molar-refractivity contribution < 1.29 is 7.48 Å². The first-order valence-corrected chi connectivity index (χ1v) is 5.30. The van der Waals surface area contributed by atoms with E-state index < -0.39 is 12.5 Å². The first-order valence-electron chi connectivity index (χ1n) is 5.13. The monoisotopic (exact) mass is 262 g/mol. The third kappa shape index (κ3) is 1.70. The Hall–Kier alpha value is -0.210. The third-order valence-corrected chi connectivity index (χ3v) is 2.69. The van der Waals surface area contributed by atoms with Gasteiger partial charge in [0.15, 0.2) is 0 Å². The lowest BCUT2D eigenvalue weighted by atomic mass is 10.1. The van der Waals surface area contributed by atoms with E-state index in [2.05, 4.69) is 15.9 Å². The van der Waals surface area contributed by atoms with Crippen LogP contribution in [0.1, 0.15) is 21.6 Å². The minimum atomic E-state index is -1.46. The van der Waals surface area contributed by atoms with Crippen LogP contribution in [0.4, 0.5) is 0 Å². The van der Waals surface area contributed by atoms with Crippen LogP contribution in [-0.4, -0.2) is 6.10 Å². The van der Waals surface area contributed by atoms with Crippen LogP contribution in [0.5, 0.6) is 5.75 Å². The summed E-state index contributed by atoms with van der Waals surface area (Å²) in [5.41, 5.74) is 0.536. The summed E-state index contributed by atoms with van der Waals surface area (Å²) < 4.78 is 22.3. The molecule has 1 unspecified atom stereocenters. The average Bonchev–Trinajstić information content (AvgIpc) is 2.39. The molecule has 0 N–H and O–H groups in total. The van der Waals surface area contributed by atoms with Gasteiger partial charge in [-0.2, -0.15) is 0 Å². The van der Waals surface area contributed by atoms with Crippen molar-refractivity contribution in [1.29, 1.82) is 0 Å². The van der Waals surface area contributed by atoms with E-state index >= 15 is 0 Å². The minimum Gasteiger partial charge on any atom is -0.488 e. The van der Waals surface area contributed by atoms with Gasteiger partial charge in [-0.15, -0.1) is 0 Å². The minimum absolute atomic E-state index is 0.445. The number of halogens is 2. The Bertz CT molecular complexity index is 409. The molecule has 0 spiro atoms. The van der Waals surface area contributed by atoms with Crippen LogP contribution in [0.25, 0.3) is 0 Å². The van der Waals surface area contributed by atoms with Gasteiger partial charge in [-0.3, -0.25) is 0 Å². The van der Waals surface area contributed by atoms with Gasteiger partial charge in [-0.05, 0) is 18.6 Å². The summed E-state index contributed by atoms with van der Waals surface area (Å²) in [5.74, 6) is 0.483. The zero-order valence-electron chi connectivity index (χ0n) is 9.10. The molecular formula is C10H10BrClO. The van der Waals surface area contributed by atoms with Gasteiger partial charge in [-0.25, -0.2) is 0 Å². The van der Waals surface area contributed by atoms with E-state index in [1.165, 1.54) is 0 Å². The predicted octanol–water partition coefficient (Wildman–Crippen LogP) is 3.82. The molecule has 0 aliphatic carbocycles. The summed E-state index contributed by atoms with van der Waals surface area (Å²) >= 11 is 9.31. The second kappa shape index (κ2) is 3.50. The van der Waals surface area contributed by atoms with E-state index in [0.717, 1.165) is 4.47 Å². The van der Waals surface area contributed by atoms with Gasteiger partial charge in [0.1, 0.15) is 11.9 Å². The smallest absolute Gasteiger partial charge is 0.141 e. The fourth-order valence-corrected chi connectivity index (χ4v) is 2.17. The maximum atomic E-state index is 7.98. The van der Waals surface area contributed by atoms with E-state index in [-0.39, 0.29) is 0 Å². The van der Waals surface area contributed by atoms with Crippen molar-refractivity contribution in [2.24, 2.45) is 0 Å². The Morgan fingerprint density at radius 2 is 2.54 bits per heavy atom. The Kier molecular flexibility index (Phi) is 1.92. The van der Waals surface area contributed by atoms with Crippen LogP contribution < -0.4 is 4.74 Å². The van der Waals surface area contributed by atoms with Gasteiger partial charge < -0.3 is 4.74 Å². The molecule has 0 aromatic heterocycles. The summed E-state index contributed by atoms with van der Waals surface area (Å²) in [7, 11) is 0. The molecule has 0 saturated carbocycles. The van der Waals surface area contributed by atoms with Gasteiger partial charge in [0.2, 0.25) is 0 Å². The van der Waals surface area contributed by atoms with Crippen molar-refractivity contribution >= 4 is 27.5 Å². The van der Waals surface area contributed by atoms with E-state index in [1.54, 1.807) is 12.1 Å². The molecule has 1 aromatic carbocycles. The maximum absolute atomic E-state index is 7.98. The van der Waals surface area contributed by atoms with E-state index in [1.807, 2.05) is 6.92 Å². The zero-order valence-corrected chi connectivity index (χ0v) is 9.45. The van der Waals surface area contributed by atoms with Crippen molar-refractivity contribution in [2.45, 2.75) is 25.8 Å². The molecule has 1 nitrogen and oxygen atoms in total. The lowest BCUT2D eigenvalue weighted by molar-refractivity contribution is 0.228. The predicted molar refractivity (Wildman–Crippen MR) is 57.6 cm³/mol. The van der Waals surface area contributed by atoms with Gasteiger partial charge in [0.25, 0.3) is 0 Å². The van der Waals surface area contributed by atoms with Crippen molar-refractivity contribution in [2.75, 3.05) is 0 Å². The number of fused-ring (bicyclic) bond motifs is 1. The summed E-state index contributed by atoms with van der Waals surface area (Å²) in [4.78, 5) is 0. The van der Waals surface area contributed by atoms with Gasteiger partial charge in [-0.1, -0.05) is 34.5 Å². The molecule has 13 heavy (non-hydrogen) atoms. The van der Waals surface area contributed by atoms with E-state index in [4.69, 9.17) is 19.1 Å². The maximum Gasteiger partial charge on any atom is 0.141 e. The van der Waals surface area contributed by atoms with Crippen LogP contribution in [0, 0.1) is 0 Å². The largest absolute Gasteiger partial charge is 0.488 e. The zero-order chi connectivity index (χ0) is 11.2. The molecule has 1 heterocycles. The van der Waals surface area contributed by atoms with Gasteiger partial charge in [0.05, 0.1) is 5.02 Å². The molecule has 1 aliphatic heterocycles. The molecule has 70 valence electrons. The second-order valence-corrected chi connectivity index (χ2v) is 4.25. The van der Waals surface area contributed by atoms with Crippen LogP contribution in [0.3, 0.4) is 0 Å². The lowest BCUT2D eigenvalue weighted by Crippen LogP contribution is -2.10. The van der Waals surface area contributed by atoms with Crippen LogP contribution >= 0.6 is 27.5 Å². The number of hydrogen-bond acceptors (Lipinski definition) is 1. The Labute approximate surface area is 94.0 Å². The summed E-state index contributed by atoms with van der Waals surface area (Å²) in [5, 5.41) is 0.458. The average molecular weight is 264 g/mol. The number of benzene rings is 1. The molecule has 0 amide bonds. The Morgan fingerprint density at radius 3 is 3.23 bits per heavy atom. The van der Waals surface area contributed by atoms with Crippen molar-refractivity contribution in [3.05, 3.63) is 27.2 Å². The van der Waals surface area contributed by atoms with Gasteiger partial charge in [0, 0.05) is 19.2 Å². The van der Waals surface area contributed by atoms with Crippen LogP contribution in [0.2, 0.25) is 5.02 Å². The van der Waals surface area contributed by atoms with Crippen molar-refractivity contribution in [3.8, 4) is 5.75 Å². The quantitative estimate of drug-likeness (QED) is 0.748. The molecular weight excluding hydrogens is 251 g/mol. The molecule has 0 radical (unpaired) electrons. The highest BCUT2D eigenvalue weighted by Gasteiger charge is 2.23. The molecule has 3 heteroatoms. The molecule has 0 fully saturated rings. The first-order chi connectivity index (χ1) is 6.96. The summed E-state index contributed by atoms with van der Waals surface area (Å²) in [6.07, 6.45) is -1.29. The summed E-state index contributed by atoms with van der Waals surface area (Å²) in [6, 6.07) is 3.45. The molecule has 1 atom stereocenters. The number of rotatable bonds is 1. The van der Waals surface area contributed by atoms with Crippen LogP contribution in [0.15, 0.2) is 16.6 Å². The highest BCUT2D eigenvalue weighted by atomic mass is 79.9. The fraction of sp³-hybridized carbons (Fsp3) is 0.400. The second-order valence-electron chi connectivity index (χ2n) is 2.92. The topological polar surface area (TPSA) is 9.23 Å². The first kappa shape index (κ1) is 7.13. The van der Waals surface area contributed by atoms with Crippen molar-refractivity contribution in [1.82, 2.24) is 0 Å². The fourth-order valence-electron chi connectivity index (χ4n) is 1.32. The molecule has 1 aliphatic rings. The molecule has 0 bridgehead atoms. The normalized spacial score (nSPS) is 25.9. The molecule has 0 saturated heterocycles. The Balaban J connectivity index is 2.58. The highest BCUT2D eigenvalue weighted by Crippen LogP contribution is 2.38. The Morgan fingerprint density at radius 1 is 1.77 bits per heavy atom. The molecule has 2 rings (SSSR count). The number of ether oxygens (including phenoxy) is 1. The summed E-state index contributed by atoms with van der Waals surface area (Å²) in [6.45, 7) is 1.90. The van der Waals surface area contributed by atoms with E-state index in [9.17, 15) is 0 Å². The van der Waals surface area contributed by atoms with E-state index in [0.29, 0.717) is 22.8 Å². The number of hydrogen-bond donors (Lipinski definition) is 0. The van der Waals surface area contributed by atoms with Crippen molar-refractivity contribution in [3.63, 3.8) is 0 Å². The SMILES string of the molecule is [2H]C1([2H])c2cc(Br)cc(Cl)c2OC1CC. The lowest BCUT2D eigenvalue weighted by Gasteiger charge is -2.07. The van der Waals surface area contributed by atoms with Crippen LogP contribution in [-0.2, 0) is 6.37 Å². The standard InChI is InChI=1S/C10H10BrClO/c1-2-8-4-6-3-7(11)5-9(12)10(6)13-8/h3,5,8H,2,4H2,1H3/i4D2. The highest BCUT2D eigenvalue weighted by molar-refractivity contribution is 9.10.